The molecule has 1 heterocycles. The third-order valence-electron chi connectivity index (χ3n) is 5.06. The minimum Gasteiger partial charge on any atom is -0.495 e. The van der Waals surface area contributed by atoms with Crippen LogP contribution in [0, 0.1) is 18.8 Å². The Balaban J connectivity index is 1.93. The van der Waals surface area contributed by atoms with E-state index >= 15 is 0 Å². The molecule has 1 aliphatic heterocycles. The summed E-state index contributed by atoms with van der Waals surface area (Å²) in [6.07, 6.45) is 3.18. The van der Waals surface area contributed by atoms with E-state index < -0.39 is 10.0 Å². The Hall–Kier alpha value is -1.11. The van der Waals surface area contributed by atoms with Crippen molar-refractivity contribution in [3.63, 3.8) is 0 Å². The molecular weight excluding hydrogens is 300 g/mol. The van der Waals surface area contributed by atoms with Crippen LogP contribution in [0.25, 0.3) is 0 Å². The maximum atomic E-state index is 13.0. The molecule has 3 unspecified atom stereocenters. The van der Waals surface area contributed by atoms with E-state index in [0.717, 1.165) is 24.8 Å². The lowest BCUT2D eigenvalue weighted by atomic mass is 9.78. The second-order valence-electron chi connectivity index (χ2n) is 6.50. The van der Waals surface area contributed by atoms with Crippen molar-refractivity contribution in [1.29, 1.82) is 0 Å². The maximum Gasteiger partial charge on any atom is 0.246 e. The van der Waals surface area contributed by atoms with Crippen molar-refractivity contribution < 1.29 is 13.2 Å². The number of fused-ring (bicyclic) bond motifs is 1. The van der Waals surface area contributed by atoms with E-state index in [4.69, 9.17) is 10.5 Å². The number of ether oxygens (including phenoxy) is 1. The monoisotopic (exact) mass is 324 g/mol. The van der Waals surface area contributed by atoms with Crippen molar-refractivity contribution in [3.05, 3.63) is 23.8 Å². The largest absolute Gasteiger partial charge is 0.495 e. The number of aryl methyl sites for hydroxylation is 1. The van der Waals surface area contributed by atoms with E-state index in [2.05, 4.69) is 0 Å². The van der Waals surface area contributed by atoms with E-state index in [9.17, 15) is 8.42 Å². The minimum absolute atomic E-state index is 0.123. The first-order valence-corrected chi connectivity index (χ1v) is 9.28. The molecule has 0 spiro atoms. The lowest BCUT2D eigenvalue weighted by Gasteiger charge is -2.29. The maximum absolute atomic E-state index is 13.0. The summed E-state index contributed by atoms with van der Waals surface area (Å²) in [6.45, 7) is 3.00. The summed E-state index contributed by atoms with van der Waals surface area (Å²) >= 11 is 0. The Morgan fingerprint density at radius 3 is 2.73 bits per heavy atom. The van der Waals surface area contributed by atoms with Gasteiger partial charge in [-0.1, -0.05) is 12.5 Å². The number of nitrogens with zero attached hydrogens (tertiary/aromatic N) is 1. The molecule has 0 radical (unpaired) electrons. The van der Waals surface area contributed by atoms with Gasteiger partial charge in [-0.25, -0.2) is 8.42 Å². The molecule has 1 saturated heterocycles. The summed E-state index contributed by atoms with van der Waals surface area (Å²) in [5, 5.41) is 0. The molecule has 3 atom stereocenters. The van der Waals surface area contributed by atoms with E-state index in [1.54, 1.807) is 16.4 Å². The van der Waals surface area contributed by atoms with Crippen LogP contribution in [0.15, 0.2) is 23.1 Å². The van der Waals surface area contributed by atoms with Crippen molar-refractivity contribution in [2.75, 3.05) is 20.2 Å². The number of sulfonamides is 1. The van der Waals surface area contributed by atoms with E-state index in [-0.39, 0.29) is 10.9 Å². The summed E-state index contributed by atoms with van der Waals surface area (Å²) in [4.78, 5) is 0.266. The summed E-state index contributed by atoms with van der Waals surface area (Å²) in [7, 11) is -2.03. The van der Waals surface area contributed by atoms with Gasteiger partial charge >= 0.3 is 0 Å². The number of hydrogen-bond donors (Lipinski definition) is 1. The van der Waals surface area contributed by atoms with Gasteiger partial charge in [0.05, 0.1) is 7.11 Å². The molecule has 2 aliphatic rings. The first-order chi connectivity index (χ1) is 10.4. The summed E-state index contributed by atoms with van der Waals surface area (Å²) in [5.41, 5.74) is 7.11. The van der Waals surface area contributed by atoms with Crippen molar-refractivity contribution >= 4 is 10.0 Å². The molecule has 22 heavy (non-hydrogen) atoms. The van der Waals surface area contributed by atoms with Gasteiger partial charge in [0.1, 0.15) is 10.6 Å². The standard InChI is InChI=1S/C16H24N2O3S/c1-11-6-7-15(21-2)16(8-11)22(19,20)18-9-12-4-3-5-14(17)13(12)10-18/h6-8,12-14H,3-5,9-10,17H2,1-2H3. The van der Waals surface area contributed by atoms with Gasteiger partial charge in [-0.05, 0) is 49.3 Å². The molecule has 6 heteroatoms. The Bertz CT molecular complexity index is 659. The molecule has 2 fully saturated rings. The molecular formula is C16H24N2O3S. The lowest BCUT2D eigenvalue weighted by molar-refractivity contribution is 0.260. The van der Waals surface area contributed by atoms with Crippen LogP contribution in [0.1, 0.15) is 24.8 Å². The normalized spacial score (nSPS) is 29.3. The molecule has 5 nitrogen and oxygen atoms in total. The molecule has 0 bridgehead atoms. The van der Waals surface area contributed by atoms with E-state index in [1.165, 1.54) is 7.11 Å². The Kier molecular flexibility index (Phi) is 4.18. The van der Waals surface area contributed by atoms with Gasteiger partial charge < -0.3 is 10.5 Å². The van der Waals surface area contributed by atoms with Gasteiger partial charge in [-0.15, -0.1) is 0 Å². The minimum atomic E-state index is -3.53. The zero-order valence-electron chi connectivity index (χ0n) is 13.2. The van der Waals surface area contributed by atoms with E-state index in [1.807, 2.05) is 13.0 Å². The molecule has 1 aromatic carbocycles. The Morgan fingerprint density at radius 2 is 2.05 bits per heavy atom. The van der Waals surface area contributed by atoms with Crippen molar-refractivity contribution in [2.24, 2.45) is 17.6 Å². The predicted octanol–water partition coefficient (Wildman–Crippen LogP) is 1.75. The number of benzene rings is 1. The highest BCUT2D eigenvalue weighted by Crippen LogP contribution is 2.39. The number of methoxy groups -OCH3 is 1. The summed E-state index contributed by atoms with van der Waals surface area (Å²) < 4.78 is 32.9. The molecule has 1 aromatic rings. The average molecular weight is 324 g/mol. The topological polar surface area (TPSA) is 72.6 Å². The molecule has 122 valence electrons. The molecule has 0 aromatic heterocycles. The summed E-state index contributed by atoms with van der Waals surface area (Å²) in [6, 6.07) is 5.39. The fourth-order valence-electron chi connectivity index (χ4n) is 3.80. The second-order valence-corrected chi connectivity index (χ2v) is 8.40. The van der Waals surface area contributed by atoms with Crippen LogP contribution in [0.2, 0.25) is 0 Å². The van der Waals surface area contributed by atoms with Gasteiger partial charge in [0, 0.05) is 19.1 Å². The number of hydrogen-bond acceptors (Lipinski definition) is 4. The van der Waals surface area contributed by atoms with Crippen LogP contribution in [0.3, 0.4) is 0 Å². The fourth-order valence-corrected chi connectivity index (χ4v) is 5.57. The third kappa shape index (κ3) is 2.64. The van der Waals surface area contributed by atoms with Crippen LogP contribution in [0.4, 0.5) is 0 Å². The Morgan fingerprint density at radius 1 is 1.27 bits per heavy atom. The van der Waals surface area contributed by atoms with E-state index in [0.29, 0.717) is 30.7 Å². The zero-order valence-corrected chi connectivity index (χ0v) is 14.0. The zero-order chi connectivity index (χ0) is 15.9. The van der Waals surface area contributed by atoms with Gasteiger partial charge in [-0.2, -0.15) is 4.31 Å². The van der Waals surface area contributed by atoms with Crippen LogP contribution in [-0.4, -0.2) is 39.0 Å². The third-order valence-corrected chi connectivity index (χ3v) is 6.91. The second kappa shape index (κ2) is 5.83. The predicted molar refractivity (Wildman–Crippen MR) is 85.3 cm³/mol. The van der Waals surface area contributed by atoms with Gasteiger partial charge in [0.25, 0.3) is 0 Å². The average Bonchev–Trinajstić information content (AvgIpc) is 2.93. The first-order valence-electron chi connectivity index (χ1n) is 7.84. The smallest absolute Gasteiger partial charge is 0.246 e. The molecule has 0 amide bonds. The molecule has 2 N–H and O–H groups in total. The molecule has 1 saturated carbocycles. The van der Waals surface area contributed by atoms with Gasteiger partial charge in [-0.3, -0.25) is 0 Å². The highest BCUT2D eigenvalue weighted by molar-refractivity contribution is 7.89. The fraction of sp³-hybridized carbons (Fsp3) is 0.625. The number of nitrogens with two attached hydrogens (primary N) is 1. The van der Waals surface area contributed by atoms with Gasteiger partial charge in [0.15, 0.2) is 0 Å². The number of rotatable bonds is 3. The highest BCUT2D eigenvalue weighted by atomic mass is 32.2. The van der Waals surface area contributed by atoms with Crippen LogP contribution >= 0.6 is 0 Å². The van der Waals surface area contributed by atoms with Crippen LogP contribution in [0.5, 0.6) is 5.75 Å². The quantitative estimate of drug-likeness (QED) is 0.919. The summed E-state index contributed by atoms with van der Waals surface area (Å²) in [5.74, 6) is 1.10. The lowest BCUT2D eigenvalue weighted by Crippen LogP contribution is -2.38. The van der Waals surface area contributed by atoms with Crippen molar-refractivity contribution in [1.82, 2.24) is 4.31 Å². The first kappa shape index (κ1) is 15.8. The molecule has 3 rings (SSSR count). The molecule has 1 aliphatic carbocycles. The SMILES string of the molecule is COc1ccc(C)cc1S(=O)(=O)N1CC2CCCC(N)C2C1. The van der Waals surface area contributed by atoms with Crippen molar-refractivity contribution in [2.45, 2.75) is 37.1 Å². The van der Waals surface area contributed by atoms with Gasteiger partial charge in [0.2, 0.25) is 10.0 Å². The highest BCUT2D eigenvalue weighted by Gasteiger charge is 2.43. The van der Waals surface area contributed by atoms with Crippen LogP contribution in [-0.2, 0) is 10.0 Å². The van der Waals surface area contributed by atoms with Crippen LogP contribution < -0.4 is 10.5 Å². The van der Waals surface area contributed by atoms with Crippen molar-refractivity contribution in [3.8, 4) is 5.75 Å². The Labute approximate surface area is 132 Å².